The van der Waals surface area contributed by atoms with Gasteiger partial charge in [-0.15, -0.1) is 0 Å². The number of allylic oxidation sites excluding steroid dienone is 9. The molecule has 0 aromatic heterocycles. The van der Waals surface area contributed by atoms with E-state index in [4.69, 9.17) is 10.5 Å². The van der Waals surface area contributed by atoms with E-state index in [0.29, 0.717) is 17.1 Å². The first-order valence-electron chi connectivity index (χ1n) is 13.0. The highest BCUT2D eigenvalue weighted by atomic mass is 32.2. The second-order valence-corrected chi connectivity index (χ2v) is 11.4. The molecule has 0 radical (unpaired) electrons. The SMILES string of the molecule is Cc1cc(-c2ccc(NNC3=C4C(=O)C=C(S(=O)(=O)O)C=C4C=CC3=N)c(C)c2)ccc1NN=C1C=CC(=O)C(C(=O)O)=C1. The predicted octanol–water partition coefficient (Wildman–Crippen LogP) is 3.93. The first-order chi connectivity index (χ1) is 20.8. The Balaban J connectivity index is 1.31. The van der Waals surface area contributed by atoms with Gasteiger partial charge in [-0.25, -0.2) is 4.79 Å². The third-order valence-corrected chi connectivity index (χ3v) is 7.79. The monoisotopic (exact) mass is 611 g/mol. The topological polar surface area (TPSA) is 198 Å². The van der Waals surface area contributed by atoms with Gasteiger partial charge in [-0.05, 0) is 96.3 Å². The molecule has 0 spiro atoms. The van der Waals surface area contributed by atoms with Gasteiger partial charge in [-0.2, -0.15) is 13.5 Å². The molecule has 44 heavy (non-hydrogen) atoms. The van der Waals surface area contributed by atoms with Crippen molar-refractivity contribution >= 4 is 50.5 Å². The molecule has 0 unspecified atom stereocenters. The quantitative estimate of drug-likeness (QED) is 0.110. The molecule has 5 rings (SSSR count). The van der Waals surface area contributed by atoms with Crippen LogP contribution in [-0.2, 0) is 24.5 Å². The van der Waals surface area contributed by atoms with Gasteiger partial charge in [0.2, 0.25) is 0 Å². The number of nitrogens with one attached hydrogen (secondary N) is 4. The molecule has 2 aromatic rings. The number of hydrogen-bond acceptors (Lipinski definition) is 10. The van der Waals surface area contributed by atoms with Gasteiger partial charge in [0.25, 0.3) is 10.1 Å². The van der Waals surface area contributed by atoms with Crippen LogP contribution in [0.3, 0.4) is 0 Å². The summed E-state index contributed by atoms with van der Waals surface area (Å²) in [6, 6.07) is 11.4. The Morgan fingerprint density at radius 1 is 0.841 bits per heavy atom. The molecule has 0 saturated carbocycles. The number of benzene rings is 2. The van der Waals surface area contributed by atoms with E-state index in [1.807, 2.05) is 50.2 Å². The lowest BCUT2D eigenvalue weighted by Crippen LogP contribution is -2.31. The van der Waals surface area contributed by atoms with Crippen LogP contribution in [-0.4, -0.2) is 47.0 Å². The number of carboxylic acids is 1. The van der Waals surface area contributed by atoms with Crippen LogP contribution in [0.25, 0.3) is 11.1 Å². The highest BCUT2D eigenvalue weighted by Crippen LogP contribution is 2.31. The predicted molar refractivity (Wildman–Crippen MR) is 166 cm³/mol. The summed E-state index contributed by atoms with van der Waals surface area (Å²) in [5.74, 6) is -2.57. The van der Waals surface area contributed by atoms with Crippen molar-refractivity contribution in [3.8, 4) is 11.1 Å². The zero-order valence-corrected chi connectivity index (χ0v) is 24.1. The van der Waals surface area contributed by atoms with Crippen molar-refractivity contribution < 1.29 is 32.5 Å². The van der Waals surface area contributed by atoms with Crippen LogP contribution < -0.4 is 16.3 Å². The maximum atomic E-state index is 12.7. The number of carbonyl (C=O) groups excluding carboxylic acids is 2. The van der Waals surface area contributed by atoms with Crippen molar-refractivity contribution in [2.45, 2.75) is 13.8 Å². The molecule has 3 aliphatic carbocycles. The van der Waals surface area contributed by atoms with E-state index < -0.39 is 32.6 Å². The Bertz CT molecular complexity index is 2010. The Kier molecular flexibility index (Phi) is 7.83. The van der Waals surface area contributed by atoms with Crippen molar-refractivity contribution in [3.05, 3.63) is 117 Å². The maximum absolute atomic E-state index is 12.7. The normalized spacial score (nSPS) is 17.2. The standard InChI is InChI=1S/C31H25N5O7S/c1-16-11-18(4-8-25(16)34-33-21-6-10-27(37)23(14-21)31(39)40)19-5-9-26(17(2)12-19)35-36-30-24(32)7-3-20-13-22(44(41,42)43)15-28(38)29(20)30/h3-15,32,34-36H,1-2H3,(H,39,40)(H,41,42,43). The molecule has 0 atom stereocenters. The molecule has 222 valence electrons. The smallest absolute Gasteiger partial charge is 0.339 e. The minimum Gasteiger partial charge on any atom is -0.478 e. The van der Waals surface area contributed by atoms with Crippen LogP contribution in [0.5, 0.6) is 0 Å². The van der Waals surface area contributed by atoms with Crippen LogP contribution in [0.15, 0.2) is 111 Å². The molecule has 0 bridgehead atoms. The molecule has 0 fully saturated rings. The average molecular weight is 612 g/mol. The van der Waals surface area contributed by atoms with Crippen LogP contribution in [0.4, 0.5) is 11.4 Å². The molecular formula is C31H25N5O7S. The number of aryl methyl sites for hydroxylation is 2. The summed E-state index contributed by atoms with van der Waals surface area (Å²) in [5.41, 5.74) is 14.2. The molecule has 0 heterocycles. The van der Waals surface area contributed by atoms with Gasteiger partial charge in [-0.3, -0.25) is 30.4 Å². The molecule has 2 aromatic carbocycles. The molecule has 0 amide bonds. The average Bonchev–Trinajstić information content (AvgIpc) is 2.96. The van der Waals surface area contributed by atoms with Gasteiger partial charge in [0.1, 0.15) is 5.57 Å². The number of hydrazone groups is 1. The van der Waals surface area contributed by atoms with E-state index in [-0.39, 0.29) is 28.1 Å². The summed E-state index contributed by atoms with van der Waals surface area (Å²) in [4.78, 5) is 35.1. The Morgan fingerprint density at radius 2 is 1.50 bits per heavy atom. The molecule has 3 aliphatic rings. The third kappa shape index (κ3) is 6.09. The number of carbonyl (C=O) groups is 3. The second-order valence-electron chi connectivity index (χ2n) is 10.0. The van der Waals surface area contributed by atoms with Gasteiger partial charge in [-0.1, -0.05) is 18.2 Å². The Hall–Kier alpha value is -5.66. The van der Waals surface area contributed by atoms with E-state index in [1.165, 1.54) is 30.4 Å². The van der Waals surface area contributed by atoms with E-state index in [1.54, 1.807) is 0 Å². The number of carboxylic acid groups (broad SMARTS) is 1. The fourth-order valence-corrected chi connectivity index (χ4v) is 5.17. The first-order valence-corrected chi connectivity index (χ1v) is 14.5. The van der Waals surface area contributed by atoms with Gasteiger partial charge in [0, 0.05) is 6.08 Å². The van der Waals surface area contributed by atoms with Crippen LogP contribution >= 0.6 is 0 Å². The zero-order valence-electron chi connectivity index (χ0n) is 23.3. The summed E-state index contributed by atoms with van der Waals surface area (Å²) in [6.07, 6.45) is 8.65. The summed E-state index contributed by atoms with van der Waals surface area (Å²) < 4.78 is 32.4. The van der Waals surface area contributed by atoms with Gasteiger partial charge in [0.15, 0.2) is 11.6 Å². The van der Waals surface area contributed by atoms with Crippen molar-refractivity contribution in [3.63, 3.8) is 0 Å². The number of aliphatic carboxylic acids is 1. The van der Waals surface area contributed by atoms with Crippen LogP contribution in [0, 0.1) is 19.3 Å². The summed E-state index contributed by atoms with van der Waals surface area (Å²) >= 11 is 0. The highest BCUT2D eigenvalue weighted by Gasteiger charge is 2.29. The first kappa shape index (κ1) is 29.8. The molecule has 12 nitrogen and oxygen atoms in total. The van der Waals surface area contributed by atoms with Crippen molar-refractivity contribution in [1.82, 2.24) is 5.43 Å². The second kappa shape index (κ2) is 11.6. The number of hydrogen-bond donors (Lipinski definition) is 6. The van der Waals surface area contributed by atoms with Crippen molar-refractivity contribution in [2.24, 2.45) is 5.10 Å². The maximum Gasteiger partial charge on any atom is 0.339 e. The van der Waals surface area contributed by atoms with E-state index >= 15 is 0 Å². The van der Waals surface area contributed by atoms with Crippen molar-refractivity contribution in [1.29, 1.82) is 5.41 Å². The fraction of sp³-hybridized carbons (Fsp3) is 0.0645. The molecular weight excluding hydrogens is 586 g/mol. The minimum absolute atomic E-state index is 0.0108. The lowest BCUT2D eigenvalue weighted by molar-refractivity contribution is -0.134. The van der Waals surface area contributed by atoms with Gasteiger partial charge in [0.05, 0.1) is 39.0 Å². The number of nitrogens with zero attached hydrogens (tertiary/aromatic N) is 1. The summed E-state index contributed by atoms with van der Waals surface area (Å²) in [6.45, 7) is 3.78. The minimum atomic E-state index is -4.57. The van der Waals surface area contributed by atoms with Crippen LogP contribution in [0.2, 0.25) is 0 Å². The Labute approximate surface area is 251 Å². The number of hydrazine groups is 1. The van der Waals surface area contributed by atoms with Crippen molar-refractivity contribution in [2.75, 3.05) is 10.9 Å². The van der Waals surface area contributed by atoms with E-state index in [2.05, 4.69) is 21.4 Å². The molecule has 6 N–H and O–H groups in total. The van der Waals surface area contributed by atoms with Gasteiger partial charge >= 0.3 is 5.97 Å². The third-order valence-electron chi connectivity index (χ3n) is 6.96. The van der Waals surface area contributed by atoms with E-state index in [0.717, 1.165) is 34.4 Å². The largest absolute Gasteiger partial charge is 0.478 e. The summed E-state index contributed by atoms with van der Waals surface area (Å²) in [7, 11) is -4.57. The highest BCUT2D eigenvalue weighted by molar-refractivity contribution is 7.90. The molecule has 13 heteroatoms. The van der Waals surface area contributed by atoms with Gasteiger partial charge < -0.3 is 10.5 Å². The lowest BCUT2D eigenvalue weighted by Gasteiger charge is -2.23. The van der Waals surface area contributed by atoms with E-state index in [9.17, 15) is 27.4 Å². The Morgan fingerprint density at radius 3 is 2.11 bits per heavy atom. The summed E-state index contributed by atoms with van der Waals surface area (Å²) in [5, 5.41) is 21.6. The zero-order chi connectivity index (χ0) is 31.8. The van der Waals surface area contributed by atoms with Crippen LogP contribution in [0.1, 0.15) is 11.1 Å². The fourth-order valence-electron chi connectivity index (χ4n) is 4.64. The lowest BCUT2D eigenvalue weighted by atomic mass is 9.89. The number of fused-ring (bicyclic) bond motifs is 1. The molecule has 0 saturated heterocycles. The number of anilines is 2. The number of ketones is 2. The number of rotatable bonds is 8. The molecule has 0 aliphatic heterocycles.